The molecule has 2 aliphatic rings. The summed E-state index contributed by atoms with van der Waals surface area (Å²) in [4.78, 5) is 13.0. The molecule has 12 heavy (non-hydrogen) atoms. The van der Waals surface area contributed by atoms with Gasteiger partial charge in [-0.05, 0) is 38.5 Å². The fourth-order valence-electron chi connectivity index (χ4n) is 1.99. The van der Waals surface area contributed by atoms with E-state index in [-0.39, 0.29) is 6.03 Å². The number of amides is 2. The molecule has 3 heteroatoms. The highest BCUT2D eigenvalue weighted by molar-refractivity contribution is 5.73. The monoisotopic (exact) mass is 168 g/mol. The van der Waals surface area contributed by atoms with Gasteiger partial charge < -0.3 is 10.6 Å². The van der Waals surface area contributed by atoms with Crippen LogP contribution in [-0.2, 0) is 0 Å². The Morgan fingerprint density at radius 1 is 1.08 bits per heavy atom. The summed E-state index contributed by atoms with van der Waals surface area (Å²) in [5.74, 6) is 0. The van der Waals surface area contributed by atoms with Gasteiger partial charge in [-0.2, -0.15) is 0 Å². The van der Waals surface area contributed by atoms with E-state index in [9.17, 15) is 4.79 Å². The van der Waals surface area contributed by atoms with Crippen LogP contribution in [0.25, 0.3) is 0 Å². The van der Waals surface area contributed by atoms with E-state index in [1.54, 1.807) is 0 Å². The van der Waals surface area contributed by atoms with Gasteiger partial charge in [-0.3, -0.25) is 0 Å². The van der Waals surface area contributed by atoms with Crippen molar-refractivity contribution in [3.8, 4) is 0 Å². The second kappa shape index (κ2) is 2.96. The number of hydrogen-bond donors (Lipinski definition) is 1. The molecular weight excluding hydrogens is 152 g/mol. The number of nitrogens with two attached hydrogens (primary N) is 1. The van der Waals surface area contributed by atoms with Gasteiger partial charge >= 0.3 is 6.03 Å². The summed E-state index contributed by atoms with van der Waals surface area (Å²) in [5, 5.41) is 0. The molecule has 2 N–H and O–H groups in total. The number of rotatable bonds is 2. The summed E-state index contributed by atoms with van der Waals surface area (Å²) in [7, 11) is 0. The quantitative estimate of drug-likeness (QED) is 0.666. The minimum Gasteiger partial charge on any atom is -0.351 e. The molecule has 0 atom stereocenters. The van der Waals surface area contributed by atoms with Crippen molar-refractivity contribution in [1.29, 1.82) is 0 Å². The van der Waals surface area contributed by atoms with E-state index in [1.807, 2.05) is 4.90 Å². The molecule has 2 aliphatic carbocycles. The molecule has 0 unspecified atom stereocenters. The molecule has 0 aromatic rings. The predicted octanol–water partition coefficient (Wildman–Crippen LogP) is 1.47. The highest BCUT2D eigenvalue weighted by Crippen LogP contribution is 2.33. The van der Waals surface area contributed by atoms with Gasteiger partial charge in [-0.25, -0.2) is 4.79 Å². The second-order valence-corrected chi connectivity index (χ2v) is 3.91. The van der Waals surface area contributed by atoms with Gasteiger partial charge in [0.1, 0.15) is 0 Å². The molecule has 0 spiro atoms. The van der Waals surface area contributed by atoms with Crippen LogP contribution in [0.3, 0.4) is 0 Å². The first-order valence-electron chi connectivity index (χ1n) is 4.87. The van der Waals surface area contributed by atoms with E-state index in [2.05, 4.69) is 0 Å². The van der Waals surface area contributed by atoms with Gasteiger partial charge in [0.15, 0.2) is 0 Å². The van der Waals surface area contributed by atoms with Crippen LogP contribution >= 0.6 is 0 Å². The van der Waals surface area contributed by atoms with Crippen molar-refractivity contribution in [3.63, 3.8) is 0 Å². The minimum atomic E-state index is -0.204. The smallest absolute Gasteiger partial charge is 0.315 e. The molecule has 0 bridgehead atoms. The summed E-state index contributed by atoms with van der Waals surface area (Å²) in [6, 6.07) is 0.755. The zero-order valence-electron chi connectivity index (χ0n) is 7.33. The third kappa shape index (κ3) is 1.17. The highest BCUT2D eigenvalue weighted by Gasteiger charge is 2.35. The number of carbonyl (C=O) groups excluding carboxylic acids is 1. The molecule has 2 fully saturated rings. The van der Waals surface area contributed by atoms with E-state index < -0.39 is 0 Å². The summed E-state index contributed by atoms with van der Waals surface area (Å²) >= 11 is 0. The molecule has 68 valence electrons. The zero-order chi connectivity index (χ0) is 8.55. The Kier molecular flexibility index (Phi) is 1.95. The maximum atomic E-state index is 11.1. The van der Waals surface area contributed by atoms with E-state index in [4.69, 9.17) is 5.73 Å². The van der Waals surface area contributed by atoms with Crippen molar-refractivity contribution >= 4 is 6.03 Å². The molecule has 0 aromatic heterocycles. The average Bonchev–Trinajstić information content (AvgIpc) is 1.77. The Morgan fingerprint density at radius 2 is 1.50 bits per heavy atom. The lowest BCUT2D eigenvalue weighted by molar-refractivity contribution is 0.0759. The Balaban J connectivity index is 1.95. The van der Waals surface area contributed by atoms with Crippen molar-refractivity contribution in [2.45, 2.75) is 50.6 Å². The fourth-order valence-corrected chi connectivity index (χ4v) is 1.99. The van der Waals surface area contributed by atoms with Gasteiger partial charge in [0.05, 0.1) is 0 Å². The van der Waals surface area contributed by atoms with Crippen molar-refractivity contribution in [3.05, 3.63) is 0 Å². The molecule has 2 saturated carbocycles. The number of hydrogen-bond acceptors (Lipinski definition) is 1. The van der Waals surface area contributed by atoms with E-state index in [0.29, 0.717) is 12.1 Å². The van der Waals surface area contributed by atoms with Crippen LogP contribution < -0.4 is 5.73 Å². The van der Waals surface area contributed by atoms with Gasteiger partial charge in [0.2, 0.25) is 0 Å². The van der Waals surface area contributed by atoms with Crippen molar-refractivity contribution in [2.75, 3.05) is 0 Å². The van der Waals surface area contributed by atoms with Crippen LogP contribution in [0.2, 0.25) is 0 Å². The second-order valence-electron chi connectivity index (χ2n) is 3.91. The maximum absolute atomic E-state index is 11.1. The Bertz CT molecular complexity index is 171. The Labute approximate surface area is 72.9 Å². The number of primary amides is 1. The first-order valence-corrected chi connectivity index (χ1v) is 4.87. The van der Waals surface area contributed by atoms with Crippen molar-refractivity contribution < 1.29 is 4.79 Å². The van der Waals surface area contributed by atoms with Crippen LogP contribution in [0, 0.1) is 0 Å². The largest absolute Gasteiger partial charge is 0.351 e. The van der Waals surface area contributed by atoms with E-state index in [1.165, 1.54) is 38.5 Å². The van der Waals surface area contributed by atoms with E-state index >= 15 is 0 Å². The summed E-state index contributed by atoms with van der Waals surface area (Å²) < 4.78 is 0. The Hall–Kier alpha value is -0.730. The molecule has 2 rings (SSSR count). The van der Waals surface area contributed by atoms with Gasteiger partial charge in [0, 0.05) is 12.1 Å². The first kappa shape index (κ1) is 7.90. The fraction of sp³-hybridized carbons (Fsp3) is 0.889. The molecule has 0 radical (unpaired) electrons. The zero-order valence-corrected chi connectivity index (χ0v) is 7.33. The SMILES string of the molecule is NC(=O)N(C1CCC1)C1CCC1. The van der Waals surface area contributed by atoms with Gasteiger partial charge in [-0.15, -0.1) is 0 Å². The number of nitrogens with zero attached hydrogens (tertiary/aromatic N) is 1. The lowest BCUT2D eigenvalue weighted by Crippen LogP contribution is -2.54. The van der Waals surface area contributed by atoms with Crippen LogP contribution in [0.1, 0.15) is 38.5 Å². The normalized spacial score (nSPS) is 24.3. The maximum Gasteiger partial charge on any atom is 0.315 e. The summed E-state index contributed by atoms with van der Waals surface area (Å²) in [5.41, 5.74) is 5.34. The molecule has 3 nitrogen and oxygen atoms in total. The molecule has 0 heterocycles. The van der Waals surface area contributed by atoms with Gasteiger partial charge in [-0.1, -0.05) is 0 Å². The van der Waals surface area contributed by atoms with Crippen LogP contribution in [0.4, 0.5) is 4.79 Å². The predicted molar refractivity (Wildman–Crippen MR) is 46.7 cm³/mol. The lowest BCUT2D eigenvalue weighted by atomic mass is 9.85. The Morgan fingerprint density at radius 3 is 1.67 bits per heavy atom. The van der Waals surface area contributed by atoms with E-state index in [0.717, 1.165) is 0 Å². The first-order chi connectivity index (χ1) is 5.79. The number of urea groups is 1. The van der Waals surface area contributed by atoms with Crippen LogP contribution in [0.5, 0.6) is 0 Å². The third-order valence-electron chi connectivity index (χ3n) is 3.19. The van der Waals surface area contributed by atoms with Crippen LogP contribution in [0.15, 0.2) is 0 Å². The molecule has 0 saturated heterocycles. The molecule has 2 amide bonds. The molecule has 0 aromatic carbocycles. The molecule has 0 aliphatic heterocycles. The number of carbonyl (C=O) groups is 1. The van der Waals surface area contributed by atoms with Crippen molar-refractivity contribution in [1.82, 2.24) is 4.90 Å². The molecular formula is C9H16N2O. The minimum absolute atomic E-state index is 0.204. The highest BCUT2D eigenvalue weighted by atomic mass is 16.2. The summed E-state index contributed by atoms with van der Waals surface area (Å²) in [6.07, 6.45) is 7.19. The summed E-state index contributed by atoms with van der Waals surface area (Å²) in [6.45, 7) is 0. The van der Waals surface area contributed by atoms with Crippen LogP contribution in [-0.4, -0.2) is 23.0 Å². The van der Waals surface area contributed by atoms with Crippen molar-refractivity contribution in [2.24, 2.45) is 5.73 Å². The standard InChI is InChI=1S/C9H16N2O/c10-9(12)11(7-3-1-4-7)8-5-2-6-8/h7-8H,1-6H2,(H2,10,12). The third-order valence-corrected chi connectivity index (χ3v) is 3.19. The average molecular weight is 168 g/mol. The van der Waals surface area contributed by atoms with Gasteiger partial charge in [0.25, 0.3) is 0 Å². The lowest BCUT2D eigenvalue weighted by Gasteiger charge is -2.45. The topological polar surface area (TPSA) is 46.3 Å².